The van der Waals surface area contributed by atoms with Gasteiger partial charge in [0.05, 0.1) is 26.2 Å². The van der Waals surface area contributed by atoms with Crippen molar-refractivity contribution < 1.29 is 4.48 Å². The van der Waals surface area contributed by atoms with Gasteiger partial charge in [-0.3, -0.25) is 0 Å². The molecule has 0 spiro atoms. The molecule has 0 radical (unpaired) electrons. The van der Waals surface area contributed by atoms with Gasteiger partial charge >= 0.3 is 0 Å². The molecule has 0 aliphatic heterocycles. The number of nitrogens with zero attached hydrogens (tertiary/aromatic N) is 1. The smallest absolute Gasteiger partial charge is 0.0988 e. The quantitative estimate of drug-likeness (QED) is 0.0696. The second-order valence-electron chi connectivity index (χ2n) is 13.0. The Hall–Kier alpha value is -0.0400. The highest BCUT2D eigenvalue weighted by Crippen LogP contribution is 2.38. The van der Waals surface area contributed by atoms with Crippen molar-refractivity contribution in [2.75, 3.05) is 20.6 Å². The number of hydrogen-bond acceptors (Lipinski definition) is 0. The fourth-order valence-electron chi connectivity index (χ4n) is 6.51. The van der Waals surface area contributed by atoms with E-state index in [1.807, 2.05) is 0 Å². The summed E-state index contributed by atoms with van der Waals surface area (Å²) in [6, 6.07) is 0. The molecule has 0 aliphatic carbocycles. The molecule has 0 N–H and O–H groups in total. The minimum Gasteiger partial charge on any atom is -0.324 e. The van der Waals surface area contributed by atoms with Crippen LogP contribution in [0.4, 0.5) is 0 Å². The zero-order chi connectivity index (χ0) is 26.8. The van der Waals surface area contributed by atoms with Crippen molar-refractivity contribution in [3.05, 3.63) is 0 Å². The number of rotatable bonds is 29. The summed E-state index contributed by atoms with van der Waals surface area (Å²) < 4.78 is 1.29. The van der Waals surface area contributed by atoms with Gasteiger partial charge in [0.25, 0.3) is 0 Å². The summed E-state index contributed by atoms with van der Waals surface area (Å²) in [5.41, 5.74) is 0.518. The molecule has 1 nitrogen and oxygen atoms in total. The second kappa shape index (κ2) is 25.2. The lowest BCUT2D eigenvalue weighted by Crippen LogP contribution is -2.60. The normalized spacial score (nSPS) is 12.5. The first kappa shape index (κ1) is 36.0. The van der Waals surface area contributed by atoms with Crippen molar-refractivity contribution in [1.29, 1.82) is 0 Å². The van der Waals surface area contributed by atoms with E-state index in [1.54, 1.807) is 0 Å². The van der Waals surface area contributed by atoms with E-state index >= 15 is 0 Å². The van der Waals surface area contributed by atoms with Crippen LogP contribution in [0.5, 0.6) is 0 Å². The lowest BCUT2D eigenvalue weighted by molar-refractivity contribution is -0.944. The first-order chi connectivity index (χ1) is 17.5. The van der Waals surface area contributed by atoms with Crippen LogP contribution in [0.1, 0.15) is 201 Å². The van der Waals surface area contributed by atoms with E-state index in [4.69, 9.17) is 0 Å². The van der Waals surface area contributed by atoms with Gasteiger partial charge in [0.1, 0.15) is 0 Å². The van der Waals surface area contributed by atoms with Gasteiger partial charge in [-0.15, -0.1) is 0 Å². The van der Waals surface area contributed by atoms with Gasteiger partial charge in [0, 0.05) is 19.3 Å². The summed E-state index contributed by atoms with van der Waals surface area (Å²) in [6.45, 7) is 10.8. The van der Waals surface area contributed by atoms with Crippen molar-refractivity contribution in [3.63, 3.8) is 0 Å². The van der Waals surface area contributed by atoms with Crippen molar-refractivity contribution in [2.45, 2.75) is 207 Å². The molecule has 0 aromatic carbocycles. The van der Waals surface area contributed by atoms with E-state index in [-0.39, 0.29) is 0 Å². The standard InChI is InChI=1S/C35H74N/c1-7-11-15-19-23-27-31-35(32-28-24-20-16-12-8-2,33-29-25-21-17-13-9-3)36(5,6)34-30-26-22-18-14-10-4/h7-34H2,1-6H3/q+1. The van der Waals surface area contributed by atoms with Crippen LogP contribution in [0.3, 0.4) is 0 Å². The molecule has 218 valence electrons. The molecule has 0 saturated carbocycles. The Labute approximate surface area is 231 Å². The van der Waals surface area contributed by atoms with Crippen LogP contribution >= 0.6 is 0 Å². The molecule has 0 bridgehead atoms. The van der Waals surface area contributed by atoms with Crippen LogP contribution in [-0.4, -0.2) is 30.7 Å². The molecule has 0 heterocycles. The maximum atomic E-state index is 2.64. The minimum absolute atomic E-state index is 0.518. The van der Waals surface area contributed by atoms with Crippen LogP contribution in [0.2, 0.25) is 0 Å². The molecule has 0 amide bonds. The molecule has 0 unspecified atom stereocenters. The van der Waals surface area contributed by atoms with E-state index in [2.05, 4.69) is 41.8 Å². The van der Waals surface area contributed by atoms with Crippen LogP contribution in [0.25, 0.3) is 0 Å². The molecule has 36 heavy (non-hydrogen) atoms. The van der Waals surface area contributed by atoms with E-state index in [9.17, 15) is 0 Å². The predicted octanol–water partition coefficient (Wildman–Crippen LogP) is 12.4. The summed E-state index contributed by atoms with van der Waals surface area (Å²) in [4.78, 5) is 0. The van der Waals surface area contributed by atoms with Crippen molar-refractivity contribution in [1.82, 2.24) is 0 Å². The number of quaternary nitrogens is 1. The monoisotopic (exact) mass is 509 g/mol. The summed E-state index contributed by atoms with van der Waals surface area (Å²) in [5.74, 6) is 0. The van der Waals surface area contributed by atoms with Crippen LogP contribution in [0, 0.1) is 0 Å². The Bertz CT molecular complexity index is 386. The predicted molar refractivity (Wildman–Crippen MR) is 167 cm³/mol. The van der Waals surface area contributed by atoms with Gasteiger partial charge in [0.15, 0.2) is 0 Å². The first-order valence-electron chi connectivity index (χ1n) is 17.3. The van der Waals surface area contributed by atoms with E-state index < -0.39 is 0 Å². The van der Waals surface area contributed by atoms with Gasteiger partial charge < -0.3 is 4.48 Å². The summed E-state index contributed by atoms with van der Waals surface area (Å²) in [7, 11) is 5.27. The van der Waals surface area contributed by atoms with Gasteiger partial charge in [-0.2, -0.15) is 0 Å². The average Bonchev–Trinajstić information content (AvgIpc) is 2.87. The molecule has 0 saturated heterocycles. The van der Waals surface area contributed by atoms with Crippen molar-refractivity contribution in [3.8, 4) is 0 Å². The Morgan fingerprint density at radius 3 is 0.889 bits per heavy atom. The lowest BCUT2D eigenvalue weighted by atomic mass is 9.78. The zero-order valence-corrected chi connectivity index (χ0v) is 26.7. The third kappa shape index (κ3) is 18.3. The van der Waals surface area contributed by atoms with E-state index in [0.717, 1.165) is 0 Å². The van der Waals surface area contributed by atoms with Crippen LogP contribution < -0.4 is 0 Å². The SMILES string of the molecule is CCCCCCCCC(CCCCCCCC)(CCCCCCCC)[N+](C)(C)CCCCCCCC. The molecule has 0 rings (SSSR count). The highest BCUT2D eigenvalue weighted by molar-refractivity contribution is 4.82. The first-order valence-corrected chi connectivity index (χ1v) is 17.3. The number of unbranched alkanes of at least 4 members (excludes halogenated alkanes) is 20. The largest absolute Gasteiger partial charge is 0.324 e. The summed E-state index contributed by atoms with van der Waals surface area (Å²) >= 11 is 0. The fourth-order valence-corrected chi connectivity index (χ4v) is 6.51. The molecule has 0 aliphatic rings. The number of hydrogen-bond donors (Lipinski definition) is 0. The minimum atomic E-state index is 0.518. The molecule has 0 atom stereocenters. The lowest BCUT2D eigenvalue weighted by Gasteiger charge is -2.50. The summed E-state index contributed by atoms with van der Waals surface area (Å²) in [6.07, 6.45) is 38.9. The van der Waals surface area contributed by atoms with Crippen molar-refractivity contribution in [2.24, 2.45) is 0 Å². The van der Waals surface area contributed by atoms with Crippen LogP contribution in [-0.2, 0) is 0 Å². The maximum absolute atomic E-state index is 2.64. The molecular weight excluding hydrogens is 434 g/mol. The fraction of sp³-hybridized carbons (Fsp3) is 1.00. The van der Waals surface area contributed by atoms with Gasteiger partial charge in [-0.25, -0.2) is 0 Å². The second-order valence-corrected chi connectivity index (χ2v) is 13.0. The van der Waals surface area contributed by atoms with Gasteiger partial charge in [-0.1, -0.05) is 150 Å². The average molecular weight is 509 g/mol. The Morgan fingerprint density at radius 2 is 0.583 bits per heavy atom. The molecule has 0 aromatic heterocycles. The van der Waals surface area contributed by atoms with Gasteiger partial charge in [0.2, 0.25) is 0 Å². The molecule has 0 fully saturated rings. The Kier molecular flexibility index (Phi) is 25.2. The molecular formula is C35H74N+. The highest BCUT2D eigenvalue weighted by Gasteiger charge is 2.43. The summed E-state index contributed by atoms with van der Waals surface area (Å²) in [5, 5.41) is 0. The maximum Gasteiger partial charge on any atom is 0.0988 e. The topological polar surface area (TPSA) is 0 Å². The molecule has 1 heteroatoms. The zero-order valence-electron chi connectivity index (χ0n) is 26.7. The third-order valence-corrected chi connectivity index (χ3v) is 9.34. The Balaban J connectivity index is 5.20. The third-order valence-electron chi connectivity index (χ3n) is 9.34. The van der Waals surface area contributed by atoms with E-state index in [0.29, 0.717) is 5.54 Å². The highest BCUT2D eigenvalue weighted by atomic mass is 15.4. The molecule has 0 aromatic rings. The van der Waals surface area contributed by atoms with Gasteiger partial charge in [-0.05, 0) is 32.1 Å². The van der Waals surface area contributed by atoms with Crippen molar-refractivity contribution >= 4 is 0 Å². The Morgan fingerprint density at radius 1 is 0.333 bits per heavy atom. The van der Waals surface area contributed by atoms with E-state index in [1.165, 1.54) is 184 Å². The van der Waals surface area contributed by atoms with Crippen LogP contribution in [0.15, 0.2) is 0 Å².